The van der Waals surface area contributed by atoms with Gasteiger partial charge in [0.25, 0.3) is 5.91 Å². The number of hydrogen-bond donors (Lipinski definition) is 1. The molecule has 6 heteroatoms. The fraction of sp³-hybridized carbons (Fsp3) is 0.400. The van der Waals surface area contributed by atoms with E-state index in [4.69, 9.17) is 0 Å². The van der Waals surface area contributed by atoms with Gasteiger partial charge in [0, 0.05) is 36.2 Å². The number of ketones is 1. The van der Waals surface area contributed by atoms with Crippen LogP contribution in [0.1, 0.15) is 60.2 Å². The Labute approximate surface area is 153 Å². The summed E-state index contributed by atoms with van der Waals surface area (Å²) in [6.45, 7) is 4.46. The molecule has 0 aliphatic carbocycles. The maximum atomic E-state index is 12.7. The normalized spacial score (nSPS) is 17.0. The summed E-state index contributed by atoms with van der Waals surface area (Å²) >= 11 is 0. The molecule has 0 bridgehead atoms. The molecule has 0 saturated carbocycles. The molecule has 1 atom stereocenters. The largest absolute Gasteiger partial charge is 0.336 e. The van der Waals surface area contributed by atoms with Crippen LogP contribution >= 0.6 is 0 Å². The third-order valence-electron chi connectivity index (χ3n) is 4.81. The predicted octanol–water partition coefficient (Wildman–Crippen LogP) is 3.83. The molecule has 1 N–H and O–H groups in total. The smallest absolute Gasteiger partial charge is 0.257 e. The first-order chi connectivity index (χ1) is 12.6. The molecular formula is C20H24N4O2. The second kappa shape index (κ2) is 8.08. The van der Waals surface area contributed by atoms with Crippen molar-refractivity contribution in [2.45, 2.75) is 45.6 Å². The van der Waals surface area contributed by atoms with Crippen molar-refractivity contribution in [1.82, 2.24) is 14.9 Å². The van der Waals surface area contributed by atoms with Crippen LogP contribution < -0.4 is 5.32 Å². The monoisotopic (exact) mass is 352 g/mol. The van der Waals surface area contributed by atoms with Gasteiger partial charge >= 0.3 is 0 Å². The van der Waals surface area contributed by atoms with Crippen LogP contribution in [0.4, 0.5) is 11.6 Å². The van der Waals surface area contributed by atoms with Gasteiger partial charge in [-0.25, -0.2) is 9.97 Å². The van der Waals surface area contributed by atoms with Crippen LogP contribution in [0, 0.1) is 0 Å². The van der Waals surface area contributed by atoms with Crippen LogP contribution in [0.5, 0.6) is 0 Å². The van der Waals surface area contributed by atoms with E-state index < -0.39 is 0 Å². The molecule has 2 heterocycles. The molecule has 1 aromatic heterocycles. The zero-order valence-electron chi connectivity index (χ0n) is 15.2. The van der Waals surface area contributed by atoms with Crippen LogP contribution in [-0.2, 0) is 0 Å². The summed E-state index contributed by atoms with van der Waals surface area (Å²) < 4.78 is 0. The average molecular weight is 352 g/mol. The molecule has 1 saturated heterocycles. The summed E-state index contributed by atoms with van der Waals surface area (Å²) in [4.78, 5) is 34.5. The number of Topliss-reactive ketones (excluding diaryl/α,β-unsaturated/α-hetero) is 1. The number of nitrogens with zero attached hydrogens (tertiary/aromatic N) is 3. The quantitative estimate of drug-likeness (QED) is 0.828. The molecular weight excluding hydrogens is 328 g/mol. The maximum absolute atomic E-state index is 12.7. The van der Waals surface area contributed by atoms with Gasteiger partial charge in [0.2, 0.25) is 5.95 Å². The van der Waals surface area contributed by atoms with Crippen LogP contribution in [-0.4, -0.2) is 39.1 Å². The van der Waals surface area contributed by atoms with Gasteiger partial charge in [0.15, 0.2) is 5.78 Å². The molecule has 1 amide bonds. The maximum Gasteiger partial charge on any atom is 0.257 e. The summed E-state index contributed by atoms with van der Waals surface area (Å²) in [5, 5.41) is 3.08. The number of piperidine rings is 1. The van der Waals surface area contributed by atoms with Gasteiger partial charge in [-0.2, -0.15) is 0 Å². The van der Waals surface area contributed by atoms with E-state index >= 15 is 0 Å². The Morgan fingerprint density at radius 2 is 1.81 bits per heavy atom. The first-order valence-electron chi connectivity index (χ1n) is 9.09. The lowest BCUT2D eigenvalue weighted by atomic mass is 9.99. The summed E-state index contributed by atoms with van der Waals surface area (Å²) in [6, 6.07) is 7.43. The molecule has 0 spiro atoms. The van der Waals surface area contributed by atoms with Crippen molar-refractivity contribution in [3.8, 4) is 0 Å². The fourth-order valence-corrected chi connectivity index (χ4v) is 3.28. The number of benzene rings is 1. The van der Waals surface area contributed by atoms with Crippen molar-refractivity contribution < 1.29 is 9.59 Å². The van der Waals surface area contributed by atoms with Gasteiger partial charge in [-0.05, 0) is 56.9 Å². The van der Waals surface area contributed by atoms with E-state index in [-0.39, 0.29) is 11.7 Å². The van der Waals surface area contributed by atoms with Gasteiger partial charge in [-0.1, -0.05) is 6.92 Å². The highest BCUT2D eigenvalue weighted by atomic mass is 16.2. The van der Waals surface area contributed by atoms with Gasteiger partial charge in [0.1, 0.15) is 0 Å². The van der Waals surface area contributed by atoms with Crippen LogP contribution in [0.15, 0.2) is 36.7 Å². The summed E-state index contributed by atoms with van der Waals surface area (Å²) in [5.74, 6) is 0.454. The number of aromatic nitrogens is 2. The highest BCUT2D eigenvalue weighted by Gasteiger charge is 2.26. The SMILES string of the molecule is CCC1CCCCN1C(=O)c1cnc(Nc2ccc(C(C)=O)cc2)nc1. The molecule has 1 aromatic carbocycles. The molecule has 3 rings (SSSR count). The van der Waals surface area contributed by atoms with E-state index in [1.807, 2.05) is 4.90 Å². The molecule has 1 aliphatic heterocycles. The fourth-order valence-electron chi connectivity index (χ4n) is 3.28. The molecule has 6 nitrogen and oxygen atoms in total. The number of carbonyl (C=O) groups excluding carboxylic acids is 2. The number of anilines is 2. The number of likely N-dealkylation sites (tertiary alicyclic amines) is 1. The Kier molecular flexibility index (Phi) is 5.61. The van der Waals surface area contributed by atoms with Crippen molar-refractivity contribution in [1.29, 1.82) is 0 Å². The van der Waals surface area contributed by atoms with Gasteiger partial charge < -0.3 is 10.2 Å². The highest BCUT2D eigenvalue weighted by molar-refractivity contribution is 5.94. The molecule has 1 fully saturated rings. The molecule has 1 aliphatic rings. The Balaban J connectivity index is 1.67. The second-order valence-corrected chi connectivity index (χ2v) is 6.61. The number of rotatable bonds is 5. The minimum atomic E-state index is 0.00825. The standard InChI is InChI=1S/C20H24N4O2/c1-3-18-6-4-5-11-24(18)19(26)16-12-21-20(22-13-16)23-17-9-7-15(8-10-17)14(2)25/h7-10,12-13,18H,3-6,11H2,1-2H3,(H,21,22,23). The Morgan fingerprint density at radius 3 is 2.42 bits per heavy atom. The lowest BCUT2D eigenvalue weighted by Gasteiger charge is -2.35. The van der Waals surface area contributed by atoms with Crippen molar-refractivity contribution in [2.24, 2.45) is 0 Å². The summed E-state index contributed by atoms with van der Waals surface area (Å²) in [6.07, 6.45) is 7.43. The van der Waals surface area contributed by atoms with Crippen molar-refractivity contribution in [3.05, 3.63) is 47.8 Å². The third-order valence-corrected chi connectivity index (χ3v) is 4.81. The zero-order chi connectivity index (χ0) is 18.5. The first kappa shape index (κ1) is 18.0. The van der Waals surface area contributed by atoms with Gasteiger partial charge in [-0.3, -0.25) is 9.59 Å². The lowest BCUT2D eigenvalue weighted by molar-refractivity contribution is 0.0607. The van der Waals surface area contributed by atoms with Crippen molar-refractivity contribution in [2.75, 3.05) is 11.9 Å². The molecule has 26 heavy (non-hydrogen) atoms. The van der Waals surface area contributed by atoms with Crippen LogP contribution in [0.2, 0.25) is 0 Å². The minimum absolute atomic E-state index is 0.00825. The number of carbonyl (C=O) groups is 2. The molecule has 1 unspecified atom stereocenters. The van der Waals surface area contributed by atoms with Gasteiger partial charge in [0.05, 0.1) is 5.56 Å². The second-order valence-electron chi connectivity index (χ2n) is 6.61. The predicted molar refractivity (Wildman–Crippen MR) is 101 cm³/mol. The topological polar surface area (TPSA) is 75.2 Å². The summed E-state index contributed by atoms with van der Waals surface area (Å²) in [7, 11) is 0. The average Bonchev–Trinajstić information content (AvgIpc) is 2.68. The first-order valence-corrected chi connectivity index (χ1v) is 9.09. The Hall–Kier alpha value is -2.76. The van der Waals surface area contributed by atoms with E-state index in [2.05, 4.69) is 22.2 Å². The molecule has 136 valence electrons. The van der Waals surface area contributed by atoms with Crippen LogP contribution in [0.3, 0.4) is 0 Å². The lowest BCUT2D eigenvalue weighted by Crippen LogP contribution is -2.43. The van der Waals surface area contributed by atoms with E-state index in [0.717, 1.165) is 31.5 Å². The van der Waals surface area contributed by atoms with Gasteiger partial charge in [-0.15, -0.1) is 0 Å². The van der Waals surface area contributed by atoms with Crippen molar-refractivity contribution in [3.63, 3.8) is 0 Å². The van der Waals surface area contributed by atoms with E-state index in [1.54, 1.807) is 36.7 Å². The van der Waals surface area contributed by atoms with E-state index in [1.165, 1.54) is 13.3 Å². The van der Waals surface area contributed by atoms with E-state index in [0.29, 0.717) is 23.1 Å². The molecule has 2 aromatic rings. The number of hydrogen-bond acceptors (Lipinski definition) is 5. The number of amides is 1. The third kappa shape index (κ3) is 4.07. The van der Waals surface area contributed by atoms with E-state index in [9.17, 15) is 9.59 Å². The van der Waals surface area contributed by atoms with Crippen molar-refractivity contribution >= 4 is 23.3 Å². The Bertz CT molecular complexity index is 771. The Morgan fingerprint density at radius 1 is 1.12 bits per heavy atom. The van der Waals surface area contributed by atoms with Crippen LogP contribution in [0.25, 0.3) is 0 Å². The zero-order valence-corrected chi connectivity index (χ0v) is 15.2. The highest BCUT2D eigenvalue weighted by Crippen LogP contribution is 2.22. The molecule has 0 radical (unpaired) electrons. The number of nitrogens with one attached hydrogen (secondary N) is 1. The minimum Gasteiger partial charge on any atom is -0.336 e. The summed E-state index contributed by atoms with van der Waals surface area (Å²) in [5.41, 5.74) is 1.96.